The van der Waals surface area contributed by atoms with E-state index >= 15 is 0 Å². The van der Waals surface area contributed by atoms with E-state index in [0.29, 0.717) is 12.3 Å². The maximum atomic E-state index is 11.8. The van der Waals surface area contributed by atoms with Crippen LogP contribution in [0.1, 0.15) is 17.4 Å². The number of rotatable bonds is 6. The number of hydrogen-bond donors (Lipinski definition) is 2. The van der Waals surface area contributed by atoms with Crippen molar-refractivity contribution in [3.63, 3.8) is 0 Å². The molecule has 0 spiro atoms. The molecule has 0 saturated carbocycles. The van der Waals surface area contributed by atoms with E-state index in [0.717, 1.165) is 5.56 Å². The topological polar surface area (TPSA) is 74.6 Å². The Morgan fingerprint density at radius 1 is 1.27 bits per heavy atom. The number of hydrogen-bond acceptors (Lipinski definition) is 5. The van der Waals surface area contributed by atoms with Gasteiger partial charge in [0.2, 0.25) is 0 Å². The van der Waals surface area contributed by atoms with E-state index in [1.807, 2.05) is 35.8 Å². The number of nitrogens with one attached hydrogen (secondary N) is 2. The van der Waals surface area contributed by atoms with Gasteiger partial charge in [-0.15, -0.1) is 0 Å². The van der Waals surface area contributed by atoms with Crippen molar-refractivity contribution in [1.82, 2.24) is 15.5 Å². The Bertz CT molecular complexity index is 594. The third-order valence-corrected chi connectivity index (χ3v) is 3.92. The minimum Gasteiger partial charge on any atom is -0.467 e. The lowest BCUT2D eigenvalue weighted by molar-refractivity contribution is -0.139. The van der Waals surface area contributed by atoms with E-state index in [1.165, 1.54) is 6.26 Å². The minimum absolute atomic E-state index is 0.0353. The Hall–Kier alpha value is -2.12. The number of amides is 2. The smallest absolute Gasteiger partial charge is 0.309 e. The van der Waals surface area contributed by atoms with E-state index in [4.69, 9.17) is 4.42 Å². The lowest BCUT2D eigenvalue weighted by atomic mass is 10.1. The second-order valence-corrected chi connectivity index (χ2v) is 5.79. The van der Waals surface area contributed by atoms with Gasteiger partial charge in [0.1, 0.15) is 5.76 Å². The maximum Gasteiger partial charge on any atom is 0.309 e. The number of likely N-dealkylation sites (N-methyl/N-ethyl adjacent to an activating group) is 1. The van der Waals surface area contributed by atoms with Crippen LogP contribution in [0.25, 0.3) is 0 Å². The molecule has 0 radical (unpaired) electrons. The molecule has 0 aliphatic rings. The second-order valence-electron chi connectivity index (χ2n) is 5.01. The van der Waals surface area contributed by atoms with Gasteiger partial charge in [-0.25, -0.2) is 0 Å². The van der Waals surface area contributed by atoms with Crippen LogP contribution < -0.4 is 10.6 Å². The highest BCUT2D eigenvalue weighted by Gasteiger charge is 2.19. The van der Waals surface area contributed by atoms with Gasteiger partial charge in [0.05, 0.1) is 18.8 Å². The zero-order chi connectivity index (χ0) is 15.9. The zero-order valence-corrected chi connectivity index (χ0v) is 13.4. The van der Waals surface area contributed by atoms with Crippen LogP contribution in [0.15, 0.2) is 39.6 Å². The van der Waals surface area contributed by atoms with Crippen molar-refractivity contribution in [2.45, 2.75) is 12.6 Å². The third-order valence-electron chi connectivity index (χ3n) is 3.22. The first-order valence-electron chi connectivity index (χ1n) is 6.85. The van der Waals surface area contributed by atoms with Crippen molar-refractivity contribution >= 4 is 23.2 Å². The highest BCUT2D eigenvalue weighted by molar-refractivity contribution is 7.07. The number of thiophene rings is 1. The van der Waals surface area contributed by atoms with Gasteiger partial charge in [-0.2, -0.15) is 11.3 Å². The molecule has 0 aliphatic carbocycles. The fraction of sp³-hybridized carbons (Fsp3) is 0.333. The van der Waals surface area contributed by atoms with Crippen molar-refractivity contribution in [2.75, 3.05) is 20.6 Å². The molecule has 0 aliphatic heterocycles. The molecule has 2 rings (SSSR count). The summed E-state index contributed by atoms with van der Waals surface area (Å²) < 4.78 is 5.09. The molecular formula is C15H19N3O3S. The van der Waals surface area contributed by atoms with Gasteiger partial charge in [0, 0.05) is 6.54 Å². The van der Waals surface area contributed by atoms with Crippen LogP contribution in [0.4, 0.5) is 0 Å². The molecule has 7 heteroatoms. The van der Waals surface area contributed by atoms with Crippen molar-refractivity contribution in [1.29, 1.82) is 0 Å². The predicted octanol–water partition coefficient (Wildman–Crippen LogP) is 1.38. The van der Waals surface area contributed by atoms with Gasteiger partial charge in [0.15, 0.2) is 0 Å². The van der Waals surface area contributed by atoms with Crippen LogP contribution in [-0.4, -0.2) is 37.4 Å². The van der Waals surface area contributed by atoms with Crippen LogP contribution in [0.3, 0.4) is 0 Å². The summed E-state index contributed by atoms with van der Waals surface area (Å²) in [6, 6.07) is 5.51. The fourth-order valence-corrected chi connectivity index (χ4v) is 2.70. The summed E-state index contributed by atoms with van der Waals surface area (Å²) in [4.78, 5) is 25.6. The molecule has 2 aromatic heterocycles. The Balaban J connectivity index is 1.81. The van der Waals surface area contributed by atoms with Crippen LogP contribution in [0, 0.1) is 0 Å². The van der Waals surface area contributed by atoms with Gasteiger partial charge >= 0.3 is 11.8 Å². The van der Waals surface area contributed by atoms with E-state index in [9.17, 15) is 9.59 Å². The van der Waals surface area contributed by atoms with Crippen molar-refractivity contribution in [3.8, 4) is 0 Å². The van der Waals surface area contributed by atoms with Gasteiger partial charge in [-0.05, 0) is 48.6 Å². The molecule has 0 bridgehead atoms. The molecule has 6 nitrogen and oxygen atoms in total. The molecule has 0 aromatic carbocycles. The van der Waals surface area contributed by atoms with E-state index in [2.05, 4.69) is 10.6 Å². The number of carbonyl (C=O) groups is 2. The summed E-state index contributed by atoms with van der Waals surface area (Å²) in [5.41, 5.74) is 1.12. The summed E-state index contributed by atoms with van der Waals surface area (Å²) in [6.45, 7) is 0.567. The quantitative estimate of drug-likeness (QED) is 0.788. The summed E-state index contributed by atoms with van der Waals surface area (Å²) in [7, 11) is 3.87. The number of nitrogens with zero attached hydrogens (tertiary/aromatic N) is 1. The molecule has 0 fully saturated rings. The summed E-state index contributed by atoms with van der Waals surface area (Å²) in [5.74, 6) is -0.710. The van der Waals surface area contributed by atoms with Crippen LogP contribution in [0.5, 0.6) is 0 Å². The molecule has 1 unspecified atom stereocenters. The maximum absolute atomic E-state index is 11.8. The van der Waals surface area contributed by atoms with Crippen LogP contribution >= 0.6 is 11.3 Å². The predicted molar refractivity (Wildman–Crippen MR) is 84.3 cm³/mol. The monoisotopic (exact) mass is 321 g/mol. The van der Waals surface area contributed by atoms with E-state index in [-0.39, 0.29) is 12.6 Å². The third kappa shape index (κ3) is 4.44. The molecule has 2 amide bonds. The van der Waals surface area contributed by atoms with E-state index in [1.54, 1.807) is 23.5 Å². The first kappa shape index (κ1) is 16.3. The molecule has 0 saturated heterocycles. The molecular weight excluding hydrogens is 302 g/mol. The van der Waals surface area contributed by atoms with Crippen LogP contribution in [-0.2, 0) is 16.1 Å². The van der Waals surface area contributed by atoms with Crippen molar-refractivity contribution in [3.05, 3.63) is 46.5 Å². The summed E-state index contributed by atoms with van der Waals surface area (Å²) in [6.07, 6.45) is 1.52. The molecule has 118 valence electrons. The average Bonchev–Trinajstić information content (AvgIpc) is 3.17. The van der Waals surface area contributed by atoms with Crippen molar-refractivity contribution in [2.24, 2.45) is 0 Å². The van der Waals surface area contributed by atoms with Gasteiger partial charge in [-0.3, -0.25) is 9.59 Å². The summed E-state index contributed by atoms with van der Waals surface area (Å²) in [5, 5.41) is 9.21. The number of carbonyl (C=O) groups excluding carboxylic acids is 2. The number of furan rings is 1. The molecule has 2 aromatic rings. The largest absolute Gasteiger partial charge is 0.467 e. The zero-order valence-electron chi connectivity index (χ0n) is 12.5. The fourth-order valence-electron chi connectivity index (χ4n) is 1.99. The normalized spacial score (nSPS) is 12.1. The first-order valence-corrected chi connectivity index (χ1v) is 7.79. The average molecular weight is 321 g/mol. The van der Waals surface area contributed by atoms with Crippen LogP contribution in [0.2, 0.25) is 0 Å². The first-order chi connectivity index (χ1) is 10.6. The standard InChI is InChI=1S/C15H19N3O3S/c1-18(2)13(11-5-7-22-10-11)9-17-15(20)14(19)16-8-12-4-3-6-21-12/h3-7,10,13H,8-9H2,1-2H3,(H,16,19)(H,17,20). The lowest BCUT2D eigenvalue weighted by Crippen LogP contribution is -2.42. The Labute approximate surface area is 133 Å². The molecule has 22 heavy (non-hydrogen) atoms. The molecule has 1 atom stereocenters. The summed E-state index contributed by atoms with van der Waals surface area (Å²) >= 11 is 1.60. The van der Waals surface area contributed by atoms with Gasteiger partial charge in [0.25, 0.3) is 0 Å². The van der Waals surface area contributed by atoms with Gasteiger partial charge in [-0.1, -0.05) is 0 Å². The second kappa shape index (κ2) is 7.77. The molecule has 2 N–H and O–H groups in total. The Morgan fingerprint density at radius 3 is 2.64 bits per heavy atom. The SMILES string of the molecule is CN(C)C(CNC(=O)C(=O)NCc1ccco1)c1ccsc1. The Morgan fingerprint density at radius 2 is 2.05 bits per heavy atom. The minimum atomic E-state index is -0.667. The molecule has 2 heterocycles. The van der Waals surface area contributed by atoms with Gasteiger partial charge < -0.3 is 20.0 Å². The highest BCUT2D eigenvalue weighted by atomic mass is 32.1. The Kier molecular flexibility index (Phi) is 5.74. The highest BCUT2D eigenvalue weighted by Crippen LogP contribution is 2.19. The lowest BCUT2D eigenvalue weighted by Gasteiger charge is -2.23. The van der Waals surface area contributed by atoms with Crippen molar-refractivity contribution < 1.29 is 14.0 Å². The van der Waals surface area contributed by atoms with E-state index < -0.39 is 11.8 Å².